The SMILES string of the molecule is CC(=O)NC(CS[C@H](/C=C/C=C/C=C\C/C=C\CCCCC(=O)O)[C@@H](O)CCCC(=O)O)C(=O)O. The number of thioether (sulfide) groups is 1. The summed E-state index contributed by atoms with van der Waals surface area (Å²) >= 11 is 1.18. The van der Waals surface area contributed by atoms with Crippen molar-refractivity contribution in [2.24, 2.45) is 0 Å². The van der Waals surface area contributed by atoms with Gasteiger partial charge in [-0.2, -0.15) is 0 Å². The van der Waals surface area contributed by atoms with Crippen LogP contribution in [-0.4, -0.2) is 67.4 Å². The highest BCUT2D eigenvalue weighted by atomic mass is 32.2. The van der Waals surface area contributed by atoms with E-state index in [1.807, 2.05) is 30.4 Å². The van der Waals surface area contributed by atoms with Gasteiger partial charge in [0.05, 0.1) is 6.10 Å². The third-order valence-electron chi connectivity index (χ3n) is 4.62. The molecule has 5 N–H and O–H groups in total. The summed E-state index contributed by atoms with van der Waals surface area (Å²) in [5.41, 5.74) is 0. The van der Waals surface area contributed by atoms with Crippen molar-refractivity contribution in [2.45, 2.75) is 75.7 Å². The van der Waals surface area contributed by atoms with Crippen LogP contribution in [0.4, 0.5) is 0 Å². The molecule has 0 saturated heterocycles. The number of allylic oxidation sites excluding steroid dienone is 7. The number of carboxylic acids is 3. The summed E-state index contributed by atoms with van der Waals surface area (Å²) in [5, 5.41) is 39.0. The lowest BCUT2D eigenvalue weighted by molar-refractivity contribution is -0.141. The summed E-state index contributed by atoms with van der Waals surface area (Å²) in [6.45, 7) is 1.23. The highest BCUT2D eigenvalue weighted by Gasteiger charge is 2.23. The number of unbranched alkanes of at least 4 members (excludes halogenated alkanes) is 2. The first-order valence-electron chi connectivity index (χ1n) is 11.5. The number of aliphatic carboxylic acids is 3. The molecule has 0 saturated carbocycles. The molecule has 0 heterocycles. The lowest BCUT2D eigenvalue weighted by Crippen LogP contribution is -2.42. The molecule has 0 rings (SSSR count). The van der Waals surface area contributed by atoms with Gasteiger partial charge in [0.1, 0.15) is 6.04 Å². The van der Waals surface area contributed by atoms with Gasteiger partial charge in [-0.15, -0.1) is 11.8 Å². The smallest absolute Gasteiger partial charge is 0.327 e. The number of amides is 1. The lowest BCUT2D eigenvalue weighted by Gasteiger charge is -2.21. The largest absolute Gasteiger partial charge is 0.481 e. The second-order valence-electron chi connectivity index (χ2n) is 7.79. The van der Waals surface area contributed by atoms with E-state index in [4.69, 9.17) is 10.2 Å². The summed E-state index contributed by atoms with van der Waals surface area (Å²) < 4.78 is 0. The summed E-state index contributed by atoms with van der Waals surface area (Å²) in [6, 6.07) is -1.09. The molecule has 0 aliphatic heterocycles. The summed E-state index contributed by atoms with van der Waals surface area (Å²) in [4.78, 5) is 43.7. The molecule has 0 bridgehead atoms. The summed E-state index contributed by atoms with van der Waals surface area (Å²) in [5.74, 6) is -3.31. The molecule has 0 aromatic rings. The zero-order valence-electron chi connectivity index (χ0n) is 20.0. The molecule has 196 valence electrons. The van der Waals surface area contributed by atoms with Crippen molar-refractivity contribution in [1.29, 1.82) is 0 Å². The van der Waals surface area contributed by atoms with Gasteiger partial charge in [-0.1, -0.05) is 48.6 Å². The number of nitrogens with one attached hydrogen (secondary N) is 1. The summed E-state index contributed by atoms with van der Waals surface area (Å²) in [7, 11) is 0. The Labute approximate surface area is 210 Å². The zero-order chi connectivity index (χ0) is 26.5. The maximum absolute atomic E-state index is 11.3. The van der Waals surface area contributed by atoms with E-state index < -0.39 is 41.2 Å². The van der Waals surface area contributed by atoms with Crippen LogP contribution in [0.2, 0.25) is 0 Å². The van der Waals surface area contributed by atoms with Gasteiger partial charge in [0.15, 0.2) is 0 Å². The number of rotatable bonds is 20. The van der Waals surface area contributed by atoms with Crippen molar-refractivity contribution in [3.63, 3.8) is 0 Å². The van der Waals surface area contributed by atoms with Crippen molar-refractivity contribution in [1.82, 2.24) is 5.32 Å². The molecule has 0 radical (unpaired) electrons. The Balaban J connectivity index is 4.71. The zero-order valence-corrected chi connectivity index (χ0v) is 20.9. The van der Waals surface area contributed by atoms with E-state index in [2.05, 4.69) is 5.32 Å². The number of hydrogen-bond acceptors (Lipinski definition) is 6. The molecule has 10 heteroatoms. The molecular weight excluding hydrogens is 474 g/mol. The molecule has 1 amide bonds. The quantitative estimate of drug-likeness (QED) is 0.0935. The molecule has 0 aromatic heterocycles. The van der Waals surface area contributed by atoms with Crippen LogP contribution in [0.5, 0.6) is 0 Å². The van der Waals surface area contributed by atoms with Gasteiger partial charge >= 0.3 is 17.9 Å². The molecule has 9 nitrogen and oxygen atoms in total. The molecule has 35 heavy (non-hydrogen) atoms. The molecular formula is C25H37NO8S. The minimum atomic E-state index is -1.17. The molecule has 0 spiro atoms. The minimum absolute atomic E-state index is 0.0478. The van der Waals surface area contributed by atoms with Gasteiger partial charge in [-0.3, -0.25) is 14.4 Å². The van der Waals surface area contributed by atoms with E-state index in [1.54, 1.807) is 18.2 Å². The molecule has 1 unspecified atom stereocenters. The van der Waals surface area contributed by atoms with E-state index in [0.717, 1.165) is 19.3 Å². The first-order valence-corrected chi connectivity index (χ1v) is 12.6. The van der Waals surface area contributed by atoms with Crippen LogP contribution in [0, 0.1) is 0 Å². The lowest BCUT2D eigenvalue weighted by atomic mass is 10.1. The molecule has 3 atom stereocenters. The maximum atomic E-state index is 11.3. The van der Waals surface area contributed by atoms with Crippen molar-refractivity contribution in [3.05, 3.63) is 48.6 Å². The second-order valence-corrected chi connectivity index (χ2v) is 9.00. The third-order valence-corrected chi connectivity index (χ3v) is 6.00. The van der Waals surface area contributed by atoms with Gasteiger partial charge in [0.25, 0.3) is 0 Å². The van der Waals surface area contributed by atoms with Crippen molar-refractivity contribution in [3.8, 4) is 0 Å². The number of carbonyl (C=O) groups excluding carboxylic acids is 1. The second kappa shape index (κ2) is 20.5. The Kier molecular flexibility index (Phi) is 18.8. The molecule has 0 aromatic carbocycles. The monoisotopic (exact) mass is 511 g/mol. The normalized spacial score (nSPS) is 14.6. The van der Waals surface area contributed by atoms with Gasteiger partial charge < -0.3 is 25.7 Å². The van der Waals surface area contributed by atoms with E-state index >= 15 is 0 Å². The Hall–Kier alpha value is -2.85. The fourth-order valence-electron chi connectivity index (χ4n) is 2.84. The Morgan fingerprint density at radius 1 is 0.857 bits per heavy atom. The highest BCUT2D eigenvalue weighted by molar-refractivity contribution is 8.00. The first-order chi connectivity index (χ1) is 16.6. The first kappa shape index (κ1) is 32.1. The average molecular weight is 512 g/mol. The Morgan fingerprint density at radius 3 is 2.14 bits per heavy atom. The fraction of sp³-hybridized carbons (Fsp3) is 0.520. The van der Waals surface area contributed by atoms with Crippen molar-refractivity contribution < 1.29 is 39.6 Å². The van der Waals surface area contributed by atoms with Crippen LogP contribution in [0.1, 0.15) is 58.3 Å². The summed E-state index contributed by atoms with van der Waals surface area (Å²) in [6.07, 6.45) is 17.8. The van der Waals surface area contributed by atoms with Crippen molar-refractivity contribution >= 4 is 35.6 Å². The standard InChI is InChI=1S/C25H37NO8S/c1-19(27)26-20(25(33)34)18-35-22(21(28)14-13-17-24(31)32)15-11-9-7-5-3-2-4-6-8-10-12-16-23(29)30/h3-7,9,11,15,20-22,28H,2,8,10,12-14,16-18H2,1H3,(H,26,27)(H,29,30)(H,31,32)(H,33,34)/b5-3-,6-4-,9-7+,15-11+/t20?,21-,22+/m0/s1. The Bertz CT molecular complexity index is 775. The third kappa shape index (κ3) is 20.3. The van der Waals surface area contributed by atoms with Crippen LogP contribution in [-0.2, 0) is 19.2 Å². The van der Waals surface area contributed by atoms with E-state index in [-0.39, 0.29) is 25.0 Å². The highest BCUT2D eigenvalue weighted by Crippen LogP contribution is 2.21. The van der Waals surface area contributed by atoms with Crippen LogP contribution >= 0.6 is 11.8 Å². The van der Waals surface area contributed by atoms with Crippen molar-refractivity contribution in [2.75, 3.05) is 5.75 Å². The average Bonchev–Trinajstić information content (AvgIpc) is 2.76. The fourth-order valence-corrected chi connectivity index (χ4v) is 4.04. The van der Waals surface area contributed by atoms with Gasteiger partial charge in [-0.05, 0) is 38.5 Å². The van der Waals surface area contributed by atoms with E-state index in [0.29, 0.717) is 12.8 Å². The predicted octanol–water partition coefficient (Wildman–Crippen LogP) is 3.55. The van der Waals surface area contributed by atoms with E-state index in [9.17, 15) is 29.4 Å². The van der Waals surface area contributed by atoms with Crippen LogP contribution in [0.15, 0.2) is 48.6 Å². The van der Waals surface area contributed by atoms with Crippen LogP contribution in [0.3, 0.4) is 0 Å². The number of carboxylic acid groups (broad SMARTS) is 3. The van der Waals surface area contributed by atoms with Crippen LogP contribution < -0.4 is 5.32 Å². The van der Waals surface area contributed by atoms with Gasteiger partial charge in [-0.25, -0.2) is 4.79 Å². The van der Waals surface area contributed by atoms with Gasteiger partial charge in [0, 0.05) is 30.8 Å². The number of aliphatic hydroxyl groups is 1. The van der Waals surface area contributed by atoms with E-state index in [1.165, 1.54) is 18.7 Å². The topological polar surface area (TPSA) is 161 Å². The number of hydrogen-bond donors (Lipinski definition) is 5. The molecule has 0 aliphatic rings. The number of aliphatic hydroxyl groups excluding tert-OH is 1. The Morgan fingerprint density at radius 2 is 1.51 bits per heavy atom. The minimum Gasteiger partial charge on any atom is -0.481 e. The molecule has 0 fully saturated rings. The maximum Gasteiger partial charge on any atom is 0.327 e. The van der Waals surface area contributed by atoms with Gasteiger partial charge in [0.2, 0.25) is 5.91 Å². The van der Waals surface area contributed by atoms with Crippen LogP contribution in [0.25, 0.3) is 0 Å². The molecule has 0 aliphatic carbocycles. The number of carbonyl (C=O) groups is 4. The predicted molar refractivity (Wildman–Crippen MR) is 136 cm³/mol.